The summed E-state index contributed by atoms with van der Waals surface area (Å²) in [5.74, 6) is 1.12. The Hall–Kier alpha value is -3.73. The molecule has 2 aliphatic heterocycles. The van der Waals surface area contributed by atoms with Crippen LogP contribution in [0.2, 0.25) is 0 Å². The van der Waals surface area contributed by atoms with Gasteiger partial charge in [0.05, 0.1) is 18.6 Å². The van der Waals surface area contributed by atoms with Crippen LogP contribution in [0.4, 0.5) is 22.2 Å². The second-order valence-corrected chi connectivity index (χ2v) is 11.2. The van der Waals surface area contributed by atoms with Crippen molar-refractivity contribution < 1.29 is 9.53 Å². The SMILES string of the molecule is Cc1sc2nc(N)nc(N3CCN(C(=O)Nc4cccc(CN5CCOCC5)c4)CC3)c2c1-c1ccccc1. The number of aromatic nitrogens is 2. The highest BCUT2D eigenvalue weighted by molar-refractivity contribution is 7.19. The van der Waals surface area contributed by atoms with Crippen molar-refractivity contribution in [3.05, 3.63) is 65.0 Å². The quantitative estimate of drug-likeness (QED) is 0.384. The highest BCUT2D eigenvalue weighted by atomic mass is 32.1. The Labute approximate surface area is 232 Å². The van der Waals surface area contributed by atoms with Crippen LogP contribution in [0, 0.1) is 6.92 Å². The molecule has 4 aromatic rings. The van der Waals surface area contributed by atoms with E-state index in [2.05, 4.69) is 56.3 Å². The van der Waals surface area contributed by atoms with Crippen molar-refractivity contribution in [2.75, 3.05) is 68.4 Å². The van der Waals surface area contributed by atoms with Gasteiger partial charge >= 0.3 is 6.03 Å². The number of carbonyl (C=O) groups excluding carboxylic acids is 1. The van der Waals surface area contributed by atoms with Crippen LogP contribution in [0.5, 0.6) is 0 Å². The summed E-state index contributed by atoms with van der Waals surface area (Å²) in [5.41, 5.74) is 10.4. The number of benzene rings is 2. The summed E-state index contributed by atoms with van der Waals surface area (Å²) in [6, 6.07) is 18.4. The maximum absolute atomic E-state index is 13.1. The lowest BCUT2D eigenvalue weighted by atomic mass is 10.0. The molecule has 0 bridgehead atoms. The first-order chi connectivity index (χ1) is 19.0. The molecule has 2 aliphatic rings. The van der Waals surface area contributed by atoms with Gasteiger partial charge in [-0.25, -0.2) is 9.78 Å². The molecule has 2 aromatic carbocycles. The minimum Gasteiger partial charge on any atom is -0.379 e. The molecular weight excluding hydrogens is 510 g/mol. The highest BCUT2D eigenvalue weighted by Crippen LogP contribution is 2.42. The predicted molar refractivity (Wildman–Crippen MR) is 157 cm³/mol. The Bertz CT molecular complexity index is 1460. The standard InChI is InChI=1S/C29H33N7O2S/c1-20-24(22-7-3-2-4-8-22)25-26(32-28(30)33-27(25)39-20)35-10-12-36(13-11-35)29(37)31-23-9-5-6-21(18-23)19-34-14-16-38-17-15-34/h2-9,18H,10-17,19H2,1H3,(H,31,37)(H2,30,32,33). The number of ether oxygens (including phenoxy) is 1. The zero-order valence-electron chi connectivity index (χ0n) is 22.1. The lowest BCUT2D eigenvalue weighted by Gasteiger charge is -2.35. The van der Waals surface area contributed by atoms with E-state index in [0.29, 0.717) is 26.2 Å². The second-order valence-electron chi connectivity index (χ2n) is 9.98. The first kappa shape index (κ1) is 25.5. The van der Waals surface area contributed by atoms with E-state index in [1.807, 2.05) is 35.2 Å². The molecule has 4 heterocycles. The smallest absolute Gasteiger partial charge is 0.321 e. The van der Waals surface area contributed by atoms with Crippen LogP contribution in [-0.2, 0) is 11.3 Å². The van der Waals surface area contributed by atoms with Crippen molar-refractivity contribution in [1.29, 1.82) is 0 Å². The summed E-state index contributed by atoms with van der Waals surface area (Å²) >= 11 is 1.64. The number of aryl methyl sites for hydroxylation is 1. The third-order valence-corrected chi connectivity index (χ3v) is 8.34. The lowest BCUT2D eigenvalue weighted by molar-refractivity contribution is 0.0342. The zero-order valence-corrected chi connectivity index (χ0v) is 22.9. The monoisotopic (exact) mass is 543 g/mol. The van der Waals surface area contributed by atoms with Gasteiger partial charge in [0.25, 0.3) is 0 Å². The van der Waals surface area contributed by atoms with E-state index in [0.717, 1.165) is 65.7 Å². The summed E-state index contributed by atoms with van der Waals surface area (Å²) in [7, 11) is 0. The van der Waals surface area contributed by atoms with Gasteiger partial charge in [0.15, 0.2) is 0 Å². The molecule has 2 saturated heterocycles. The van der Waals surface area contributed by atoms with E-state index in [-0.39, 0.29) is 12.0 Å². The molecule has 202 valence electrons. The van der Waals surface area contributed by atoms with Crippen LogP contribution < -0.4 is 16.0 Å². The molecule has 39 heavy (non-hydrogen) atoms. The largest absolute Gasteiger partial charge is 0.379 e. The molecule has 0 spiro atoms. The number of rotatable bonds is 5. The molecule has 0 aliphatic carbocycles. The number of amides is 2. The van der Waals surface area contributed by atoms with E-state index in [4.69, 9.17) is 10.5 Å². The van der Waals surface area contributed by atoms with Gasteiger partial charge in [-0.3, -0.25) is 4.90 Å². The van der Waals surface area contributed by atoms with Crippen molar-refractivity contribution >= 4 is 45.0 Å². The van der Waals surface area contributed by atoms with E-state index in [1.165, 1.54) is 10.4 Å². The predicted octanol–water partition coefficient (Wildman–Crippen LogP) is 4.44. The highest BCUT2D eigenvalue weighted by Gasteiger charge is 2.26. The fraction of sp³-hybridized carbons (Fsp3) is 0.345. The van der Waals surface area contributed by atoms with Crippen LogP contribution in [-0.4, -0.2) is 78.3 Å². The van der Waals surface area contributed by atoms with Gasteiger partial charge in [0.1, 0.15) is 10.6 Å². The average Bonchev–Trinajstić information content (AvgIpc) is 3.29. The van der Waals surface area contributed by atoms with Gasteiger partial charge in [-0.05, 0) is 30.2 Å². The molecule has 0 unspecified atom stereocenters. The minimum absolute atomic E-state index is 0.0816. The minimum atomic E-state index is -0.0816. The van der Waals surface area contributed by atoms with E-state index >= 15 is 0 Å². The van der Waals surface area contributed by atoms with Gasteiger partial charge in [-0.15, -0.1) is 11.3 Å². The van der Waals surface area contributed by atoms with Crippen LogP contribution in [0.25, 0.3) is 21.3 Å². The third kappa shape index (κ3) is 5.54. The van der Waals surface area contributed by atoms with Crippen molar-refractivity contribution in [2.45, 2.75) is 13.5 Å². The number of carbonyl (C=O) groups is 1. The Balaban J connectivity index is 1.15. The fourth-order valence-corrected chi connectivity index (χ4v) is 6.43. The van der Waals surface area contributed by atoms with E-state index in [9.17, 15) is 4.79 Å². The number of thiophene rings is 1. The van der Waals surface area contributed by atoms with Crippen LogP contribution >= 0.6 is 11.3 Å². The normalized spacial score (nSPS) is 16.5. The molecular formula is C29H33N7O2S. The van der Waals surface area contributed by atoms with Crippen molar-refractivity contribution in [3.63, 3.8) is 0 Å². The molecule has 9 nitrogen and oxygen atoms in total. The van der Waals surface area contributed by atoms with E-state index < -0.39 is 0 Å². The zero-order chi connectivity index (χ0) is 26.8. The van der Waals surface area contributed by atoms with Gasteiger partial charge in [0, 0.05) is 61.9 Å². The van der Waals surface area contributed by atoms with Crippen molar-refractivity contribution in [2.24, 2.45) is 0 Å². The number of piperazine rings is 1. The Morgan fingerprint density at radius 2 is 1.77 bits per heavy atom. The molecule has 2 amide bonds. The van der Waals surface area contributed by atoms with Gasteiger partial charge in [-0.1, -0.05) is 42.5 Å². The van der Waals surface area contributed by atoms with Crippen molar-refractivity contribution in [3.8, 4) is 11.1 Å². The van der Waals surface area contributed by atoms with Gasteiger partial charge in [0.2, 0.25) is 5.95 Å². The Kier molecular flexibility index (Phi) is 7.32. The number of morpholine rings is 1. The maximum Gasteiger partial charge on any atom is 0.321 e. The average molecular weight is 544 g/mol. The summed E-state index contributed by atoms with van der Waals surface area (Å²) in [6.45, 7) is 8.90. The molecule has 6 rings (SSSR count). The number of nitrogens with zero attached hydrogens (tertiary/aromatic N) is 5. The Morgan fingerprint density at radius 3 is 2.54 bits per heavy atom. The number of nitrogens with one attached hydrogen (secondary N) is 1. The van der Waals surface area contributed by atoms with Crippen LogP contribution in [0.3, 0.4) is 0 Å². The molecule has 0 saturated carbocycles. The molecule has 0 atom stereocenters. The second kappa shape index (κ2) is 11.2. The van der Waals surface area contributed by atoms with Crippen LogP contribution in [0.1, 0.15) is 10.4 Å². The molecule has 2 fully saturated rings. The topological polar surface area (TPSA) is 99.8 Å². The van der Waals surface area contributed by atoms with Crippen LogP contribution in [0.15, 0.2) is 54.6 Å². The number of nitrogen functional groups attached to an aromatic ring is 1. The van der Waals surface area contributed by atoms with Gasteiger partial charge in [-0.2, -0.15) is 4.98 Å². The number of nitrogens with two attached hydrogens (primary N) is 1. The number of urea groups is 1. The first-order valence-corrected chi connectivity index (χ1v) is 14.2. The molecule has 2 aromatic heterocycles. The number of hydrogen-bond acceptors (Lipinski definition) is 8. The molecule has 10 heteroatoms. The number of fused-ring (bicyclic) bond motifs is 1. The van der Waals surface area contributed by atoms with E-state index in [1.54, 1.807) is 11.3 Å². The first-order valence-electron chi connectivity index (χ1n) is 13.4. The molecule has 3 N–H and O–H groups in total. The summed E-state index contributed by atoms with van der Waals surface area (Å²) < 4.78 is 5.45. The summed E-state index contributed by atoms with van der Waals surface area (Å²) in [4.78, 5) is 30.9. The molecule has 0 radical (unpaired) electrons. The lowest BCUT2D eigenvalue weighted by Crippen LogP contribution is -2.50. The maximum atomic E-state index is 13.1. The third-order valence-electron chi connectivity index (χ3n) is 7.34. The summed E-state index contributed by atoms with van der Waals surface area (Å²) in [5, 5.41) is 4.13. The van der Waals surface area contributed by atoms with Crippen molar-refractivity contribution in [1.82, 2.24) is 19.8 Å². The number of hydrogen-bond donors (Lipinski definition) is 2. The fourth-order valence-electron chi connectivity index (χ4n) is 5.38. The number of anilines is 3. The van der Waals surface area contributed by atoms with Gasteiger partial charge < -0.3 is 25.6 Å². The summed E-state index contributed by atoms with van der Waals surface area (Å²) in [6.07, 6.45) is 0. The Morgan fingerprint density at radius 1 is 1.00 bits per heavy atom.